The van der Waals surface area contributed by atoms with Crippen LogP contribution in [0.15, 0.2) is 35.7 Å². The molecule has 0 atom stereocenters. The van der Waals surface area contributed by atoms with E-state index in [1.54, 1.807) is 17.4 Å². The first-order valence-electron chi connectivity index (χ1n) is 9.04. The summed E-state index contributed by atoms with van der Waals surface area (Å²) in [7, 11) is 0. The van der Waals surface area contributed by atoms with E-state index >= 15 is 0 Å². The zero-order valence-corrected chi connectivity index (χ0v) is 16.8. The predicted molar refractivity (Wildman–Crippen MR) is 113 cm³/mol. The number of hydrogen-bond acceptors (Lipinski definition) is 7. The van der Waals surface area contributed by atoms with Crippen molar-refractivity contribution in [2.24, 2.45) is 0 Å². The number of hydrogen-bond donors (Lipinski definition) is 2. The molecule has 2 aromatic heterocycles. The summed E-state index contributed by atoms with van der Waals surface area (Å²) in [5.74, 6) is -0.284. The number of ether oxygens (including phenoxy) is 1. The van der Waals surface area contributed by atoms with Crippen molar-refractivity contribution in [2.75, 3.05) is 43.1 Å². The molecule has 1 aliphatic heterocycles. The Morgan fingerprint density at radius 2 is 2.07 bits per heavy atom. The second-order valence-corrected chi connectivity index (χ2v) is 8.27. The molecule has 0 spiro atoms. The van der Waals surface area contributed by atoms with Crippen molar-refractivity contribution in [3.05, 3.63) is 40.6 Å². The summed E-state index contributed by atoms with van der Waals surface area (Å²) in [5.41, 5.74) is 1.66. The van der Waals surface area contributed by atoms with E-state index in [1.165, 1.54) is 11.3 Å². The second-order valence-electron chi connectivity index (χ2n) is 6.31. The lowest BCUT2D eigenvalue weighted by atomic mass is 10.3. The summed E-state index contributed by atoms with van der Waals surface area (Å²) >= 11 is 3.00. The van der Waals surface area contributed by atoms with Crippen LogP contribution in [0.3, 0.4) is 0 Å². The molecule has 3 heterocycles. The molecule has 4 rings (SSSR count). The van der Waals surface area contributed by atoms with E-state index in [9.17, 15) is 9.59 Å². The third-order valence-corrected chi connectivity index (χ3v) is 6.27. The number of nitrogens with zero attached hydrogens (tertiary/aromatic N) is 2. The van der Waals surface area contributed by atoms with E-state index in [2.05, 4.69) is 20.5 Å². The Balaban J connectivity index is 1.32. The van der Waals surface area contributed by atoms with Gasteiger partial charge in [-0.25, -0.2) is 4.98 Å². The molecular formula is C19H20N4O3S2. The van der Waals surface area contributed by atoms with Gasteiger partial charge in [-0.15, -0.1) is 11.3 Å². The van der Waals surface area contributed by atoms with Gasteiger partial charge in [0.15, 0.2) is 5.13 Å². The highest BCUT2D eigenvalue weighted by molar-refractivity contribution is 7.22. The molecule has 146 valence electrons. The van der Waals surface area contributed by atoms with Crippen LogP contribution < -0.4 is 15.5 Å². The largest absolute Gasteiger partial charge is 0.378 e. The van der Waals surface area contributed by atoms with Crippen molar-refractivity contribution in [1.29, 1.82) is 0 Å². The van der Waals surface area contributed by atoms with E-state index in [1.807, 2.05) is 29.6 Å². The van der Waals surface area contributed by atoms with Gasteiger partial charge in [-0.05, 0) is 29.6 Å². The second kappa shape index (κ2) is 8.68. The number of fused-ring (bicyclic) bond motifs is 1. The number of carbonyl (C=O) groups excluding carboxylic acids is 2. The van der Waals surface area contributed by atoms with Gasteiger partial charge in [0.05, 0.1) is 28.3 Å². The number of morpholine rings is 1. The Hall–Kier alpha value is -2.49. The van der Waals surface area contributed by atoms with E-state index in [0.717, 1.165) is 47.3 Å². The number of anilines is 2. The quantitative estimate of drug-likeness (QED) is 0.646. The lowest BCUT2D eigenvalue weighted by Crippen LogP contribution is -2.36. The van der Waals surface area contributed by atoms with Crippen molar-refractivity contribution in [1.82, 2.24) is 10.3 Å². The van der Waals surface area contributed by atoms with E-state index in [-0.39, 0.29) is 18.2 Å². The molecule has 1 fully saturated rings. The molecule has 0 aliphatic carbocycles. The van der Waals surface area contributed by atoms with Crippen LogP contribution in [0.5, 0.6) is 0 Å². The Morgan fingerprint density at radius 1 is 1.21 bits per heavy atom. The summed E-state index contributed by atoms with van der Waals surface area (Å²) in [6.07, 6.45) is 0.219. The summed E-state index contributed by atoms with van der Waals surface area (Å²) < 4.78 is 6.42. The number of aromatic nitrogens is 1. The zero-order chi connectivity index (χ0) is 19.3. The van der Waals surface area contributed by atoms with Gasteiger partial charge in [0.25, 0.3) is 5.91 Å². The van der Waals surface area contributed by atoms with Crippen molar-refractivity contribution in [3.63, 3.8) is 0 Å². The van der Waals surface area contributed by atoms with Gasteiger partial charge >= 0.3 is 0 Å². The molecule has 7 nitrogen and oxygen atoms in total. The summed E-state index contributed by atoms with van der Waals surface area (Å²) in [6.45, 7) is 3.44. The standard InChI is InChI=1S/C19H20N4O3S2/c24-17(5-6-20-18(25)15-2-1-11-27-15)21-13-3-4-14-16(12-13)28-19(22-14)23-7-9-26-10-8-23/h1-4,11-12H,5-10H2,(H,20,25)(H,21,24). The predicted octanol–water partition coefficient (Wildman–Crippen LogP) is 2.95. The molecule has 1 aliphatic rings. The molecule has 3 aromatic rings. The third kappa shape index (κ3) is 4.49. The fourth-order valence-electron chi connectivity index (χ4n) is 2.89. The molecule has 0 radical (unpaired) electrons. The molecule has 9 heteroatoms. The Kier molecular flexibility index (Phi) is 5.84. The summed E-state index contributed by atoms with van der Waals surface area (Å²) in [6, 6.07) is 9.30. The average molecular weight is 417 g/mol. The highest BCUT2D eigenvalue weighted by Gasteiger charge is 2.16. The minimum Gasteiger partial charge on any atom is -0.378 e. The van der Waals surface area contributed by atoms with Crippen LogP contribution in [-0.2, 0) is 9.53 Å². The van der Waals surface area contributed by atoms with Crippen LogP contribution in [-0.4, -0.2) is 49.6 Å². The minimum absolute atomic E-state index is 0.135. The first-order chi connectivity index (χ1) is 13.7. The van der Waals surface area contributed by atoms with E-state index < -0.39 is 0 Å². The molecule has 0 unspecified atom stereocenters. The van der Waals surface area contributed by atoms with Crippen LogP contribution in [0, 0.1) is 0 Å². The van der Waals surface area contributed by atoms with Crippen molar-refractivity contribution in [3.8, 4) is 0 Å². The Bertz CT molecular complexity index is 965. The van der Waals surface area contributed by atoms with Gasteiger partial charge in [0, 0.05) is 31.7 Å². The van der Waals surface area contributed by atoms with Gasteiger partial charge < -0.3 is 20.3 Å². The van der Waals surface area contributed by atoms with Crippen LogP contribution in [0.1, 0.15) is 16.1 Å². The van der Waals surface area contributed by atoms with Crippen molar-refractivity contribution < 1.29 is 14.3 Å². The van der Waals surface area contributed by atoms with Crippen LogP contribution in [0.25, 0.3) is 10.2 Å². The molecule has 2 amide bonds. The maximum atomic E-state index is 12.2. The SMILES string of the molecule is O=C(CCNC(=O)c1cccs1)Nc1ccc2nc(N3CCOCC3)sc2c1. The number of rotatable bonds is 6. The first kappa shape index (κ1) is 18.9. The maximum Gasteiger partial charge on any atom is 0.261 e. The average Bonchev–Trinajstić information content (AvgIpc) is 3.38. The molecule has 0 bridgehead atoms. The Morgan fingerprint density at radius 3 is 2.86 bits per heavy atom. The van der Waals surface area contributed by atoms with Crippen LogP contribution >= 0.6 is 22.7 Å². The van der Waals surface area contributed by atoms with E-state index in [4.69, 9.17) is 4.74 Å². The Labute approximate surface area is 170 Å². The highest BCUT2D eigenvalue weighted by atomic mass is 32.1. The topological polar surface area (TPSA) is 83.6 Å². The van der Waals surface area contributed by atoms with Crippen LogP contribution in [0.2, 0.25) is 0 Å². The summed E-state index contributed by atoms with van der Waals surface area (Å²) in [5, 5.41) is 8.48. The monoisotopic (exact) mass is 416 g/mol. The molecule has 0 saturated carbocycles. The highest BCUT2D eigenvalue weighted by Crippen LogP contribution is 2.31. The summed E-state index contributed by atoms with van der Waals surface area (Å²) in [4.78, 5) is 31.6. The number of benzene rings is 1. The van der Waals surface area contributed by atoms with Gasteiger partial charge in [0.2, 0.25) is 5.91 Å². The minimum atomic E-state index is -0.149. The maximum absolute atomic E-state index is 12.2. The zero-order valence-electron chi connectivity index (χ0n) is 15.1. The molecule has 1 aromatic carbocycles. The third-order valence-electron chi connectivity index (χ3n) is 4.33. The lowest BCUT2D eigenvalue weighted by molar-refractivity contribution is -0.116. The smallest absolute Gasteiger partial charge is 0.261 e. The molecule has 1 saturated heterocycles. The van der Waals surface area contributed by atoms with Crippen molar-refractivity contribution >= 4 is 55.5 Å². The number of carbonyl (C=O) groups is 2. The molecular weight excluding hydrogens is 396 g/mol. The fourth-order valence-corrected chi connectivity index (χ4v) is 4.58. The van der Waals surface area contributed by atoms with E-state index in [0.29, 0.717) is 11.4 Å². The van der Waals surface area contributed by atoms with Gasteiger partial charge in [0.1, 0.15) is 0 Å². The first-order valence-corrected chi connectivity index (χ1v) is 10.7. The fraction of sp³-hybridized carbons (Fsp3) is 0.316. The van der Waals surface area contributed by atoms with Gasteiger partial charge in [-0.1, -0.05) is 17.4 Å². The lowest BCUT2D eigenvalue weighted by Gasteiger charge is -2.25. The number of nitrogens with one attached hydrogen (secondary N) is 2. The number of amides is 2. The van der Waals surface area contributed by atoms with Gasteiger partial charge in [-0.3, -0.25) is 9.59 Å². The number of thiazole rings is 1. The molecule has 2 N–H and O–H groups in total. The normalized spacial score (nSPS) is 14.2. The van der Waals surface area contributed by atoms with Crippen molar-refractivity contribution in [2.45, 2.75) is 6.42 Å². The van der Waals surface area contributed by atoms with Gasteiger partial charge in [-0.2, -0.15) is 0 Å². The number of thiophene rings is 1. The van der Waals surface area contributed by atoms with Crippen LogP contribution in [0.4, 0.5) is 10.8 Å². The molecule has 28 heavy (non-hydrogen) atoms.